The van der Waals surface area contributed by atoms with Crippen LogP contribution in [0.3, 0.4) is 0 Å². The number of methoxy groups -OCH3 is 1. The molecule has 10 N–H and O–H groups in total. The molecule has 3 fully saturated rings. The minimum atomic E-state index is -2.06. The highest BCUT2D eigenvalue weighted by molar-refractivity contribution is 5.91. The fraction of sp³-hybridized carbons (Fsp3) is 0.553. The summed E-state index contributed by atoms with van der Waals surface area (Å²) in [7, 11) is 1.38. The van der Waals surface area contributed by atoms with E-state index in [1.54, 1.807) is 0 Å². The zero-order valence-corrected chi connectivity index (χ0v) is 31.4. The zero-order chi connectivity index (χ0) is 41.5. The minimum absolute atomic E-state index is 0.0611. The standard InChI is InChI=1S/C38H48O19/c1-15(2)5-10-19-21(50-4)11-20(41)23-26(44)33(30(55-31(19)23)17-6-8-18(40)9-7-17)57-36-29(47)32(56-35-28(46)27(45)24(42)16(3)53-35)25(43)22(54-36)12-51-37-34(48)38(49,13-39)14-52-37/h5-9,11,16,22,24-25,27-29,32,34-37,39-43,45-49H,10,12-14H2,1-4H3. The summed E-state index contributed by atoms with van der Waals surface area (Å²) in [5, 5.41) is 106. The molecule has 0 amide bonds. The van der Waals surface area contributed by atoms with Crippen molar-refractivity contribution in [2.45, 2.75) is 107 Å². The van der Waals surface area contributed by atoms with E-state index in [1.807, 2.05) is 19.9 Å². The summed E-state index contributed by atoms with van der Waals surface area (Å²) in [5.74, 6) is -1.30. The van der Waals surface area contributed by atoms with E-state index in [0.29, 0.717) is 5.56 Å². The molecule has 0 radical (unpaired) electrons. The van der Waals surface area contributed by atoms with E-state index in [2.05, 4.69) is 0 Å². The second-order valence-electron chi connectivity index (χ2n) is 14.5. The first-order chi connectivity index (χ1) is 27.0. The van der Waals surface area contributed by atoms with Crippen molar-refractivity contribution in [3.8, 4) is 34.3 Å². The first-order valence-corrected chi connectivity index (χ1v) is 18.1. The molecule has 3 aliphatic rings. The fourth-order valence-corrected chi connectivity index (χ4v) is 6.77. The summed E-state index contributed by atoms with van der Waals surface area (Å²) >= 11 is 0. The van der Waals surface area contributed by atoms with Crippen molar-refractivity contribution in [3.63, 3.8) is 0 Å². The van der Waals surface area contributed by atoms with Crippen molar-refractivity contribution < 1.29 is 88.6 Å². The molecule has 0 spiro atoms. The molecule has 1 aromatic heterocycles. The third kappa shape index (κ3) is 8.35. The van der Waals surface area contributed by atoms with Gasteiger partial charge in [-0.3, -0.25) is 4.79 Å². The maximum atomic E-state index is 14.5. The maximum Gasteiger partial charge on any atom is 0.239 e. The van der Waals surface area contributed by atoms with E-state index in [1.165, 1.54) is 44.4 Å². The molecule has 3 saturated heterocycles. The number of phenols is 2. The SMILES string of the molecule is COc1cc(O)c2c(=O)c(OC3OC(COC4OCC(O)(CO)C4O)C(O)C(OC4OC(C)C(O)C(O)C4O)C3O)c(-c3ccc(O)cc3)oc2c1CC=C(C)C. The highest BCUT2D eigenvalue weighted by Gasteiger charge is 2.53. The van der Waals surface area contributed by atoms with Crippen LogP contribution >= 0.6 is 0 Å². The molecule has 0 saturated carbocycles. The van der Waals surface area contributed by atoms with Crippen LogP contribution in [0.5, 0.6) is 23.0 Å². The van der Waals surface area contributed by atoms with Crippen LogP contribution in [-0.2, 0) is 30.1 Å². The van der Waals surface area contributed by atoms with Gasteiger partial charge in [0.1, 0.15) is 82.7 Å². The van der Waals surface area contributed by atoms with E-state index in [9.17, 15) is 55.9 Å². The van der Waals surface area contributed by atoms with Crippen LogP contribution in [0.2, 0.25) is 0 Å². The van der Waals surface area contributed by atoms with Gasteiger partial charge in [-0.2, -0.15) is 0 Å². The number of allylic oxidation sites excluding steroid dienone is 2. The number of aliphatic hydroxyl groups excluding tert-OH is 7. The third-order valence-corrected chi connectivity index (χ3v) is 10.2. The number of fused-ring (bicyclic) bond motifs is 1. The quantitative estimate of drug-likeness (QED) is 0.0970. The normalized spacial score (nSPS) is 34.3. The summed E-state index contributed by atoms with van der Waals surface area (Å²) in [6.07, 6.45) is -18.4. The van der Waals surface area contributed by atoms with Crippen molar-refractivity contribution in [3.05, 3.63) is 57.8 Å². The van der Waals surface area contributed by atoms with Crippen molar-refractivity contribution in [2.75, 3.05) is 26.9 Å². The lowest BCUT2D eigenvalue weighted by Crippen LogP contribution is -2.65. The molecule has 3 aliphatic heterocycles. The van der Waals surface area contributed by atoms with Gasteiger partial charge < -0.3 is 88.6 Å². The molecule has 3 aromatic rings. The molecule has 19 nitrogen and oxygen atoms in total. The van der Waals surface area contributed by atoms with Gasteiger partial charge in [-0.15, -0.1) is 0 Å². The van der Waals surface area contributed by atoms with Crippen LogP contribution in [-0.4, -0.2) is 157 Å². The van der Waals surface area contributed by atoms with Gasteiger partial charge in [0.15, 0.2) is 18.3 Å². The average Bonchev–Trinajstić information content (AvgIpc) is 3.47. The number of benzene rings is 2. The Morgan fingerprint density at radius 2 is 1.63 bits per heavy atom. The molecule has 19 heteroatoms. The summed E-state index contributed by atoms with van der Waals surface area (Å²) < 4.78 is 46.2. The number of rotatable bonds is 12. The summed E-state index contributed by atoms with van der Waals surface area (Å²) in [5.41, 5.74) is -1.53. The summed E-state index contributed by atoms with van der Waals surface area (Å²) in [6.45, 7) is 3.09. The van der Waals surface area contributed by atoms with Gasteiger partial charge in [0, 0.05) is 17.2 Å². The van der Waals surface area contributed by atoms with Crippen LogP contribution in [0, 0.1) is 0 Å². The molecular weight excluding hydrogens is 760 g/mol. The van der Waals surface area contributed by atoms with E-state index in [4.69, 9.17) is 37.6 Å². The highest BCUT2D eigenvalue weighted by atomic mass is 16.7. The molecule has 13 atom stereocenters. The van der Waals surface area contributed by atoms with Gasteiger partial charge in [-0.25, -0.2) is 0 Å². The molecule has 57 heavy (non-hydrogen) atoms. The molecule has 314 valence electrons. The molecule has 4 heterocycles. The van der Waals surface area contributed by atoms with Crippen molar-refractivity contribution >= 4 is 11.0 Å². The van der Waals surface area contributed by atoms with Gasteiger partial charge in [-0.1, -0.05) is 11.6 Å². The Morgan fingerprint density at radius 3 is 2.26 bits per heavy atom. The lowest BCUT2D eigenvalue weighted by atomic mass is 9.97. The van der Waals surface area contributed by atoms with E-state index in [-0.39, 0.29) is 40.2 Å². The van der Waals surface area contributed by atoms with Crippen LogP contribution in [0.15, 0.2) is 51.2 Å². The molecule has 0 bridgehead atoms. The Kier molecular flexibility index (Phi) is 12.8. The van der Waals surface area contributed by atoms with Gasteiger partial charge in [0.25, 0.3) is 0 Å². The maximum absolute atomic E-state index is 14.5. The van der Waals surface area contributed by atoms with Crippen LogP contribution in [0.25, 0.3) is 22.3 Å². The fourth-order valence-electron chi connectivity index (χ4n) is 6.77. The van der Waals surface area contributed by atoms with Gasteiger partial charge in [-0.05, 0) is 51.5 Å². The average molecular weight is 809 g/mol. The van der Waals surface area contributed by atoms with Crippen molar-refractivity contribution in [2.24, 2.45) is 0 Å². The smallest absolute Gasteiger partial charge is 0.239 e. The Labute approximate surface area is 325 Å². The Hall–Kier alpha value is -3.93. The largest absolute Gasteiger partial charge is 0.508 e. The lowest BCUT2D eigenvalue weighted by Gasteiger charge is -2.46. The van der Waals surface area contributed by atoms with Crippen LogP contribution in [0.1, 0.15) is 26.3 Å². The van der Waals surface area contributed by atoms with Crippen molar-refractivity contribution in [1.29, 1.82) is 0 Å². The van der Waals surface area contributed by atoms with Gasteiger partial charge in [0.05, 0.1) is 33.0 Å². The molecular formula is C38H48O19. The summed E-state index contributed by atoms with van der Waals surface area (Å²) in [4.78, 5) is 14.5. The number of ether oxygens (including phenoxy) is 7. The summed E-state index contributed by atoms with van der Waals surface area (Å²) in [6, 6.07) is 6.69. The Morgan fingerprint density at radius 1 is 0.930 bits per heavy atom. The van der Waals surface area contributed by atoms with Gasteiger partial charge >= 0.3 is 0 Å². The van der Waals surface area contributed by atoms with E-state index < -0.39 is 116 Å². The first kappa shape index (κ1) is 42.7. The second kappa shape index (κ2) is 17.1. The van der Waals surface area contributed by atoms with E-state index in [0.717, 1.165) is 5.57 Å². The predicted octanol–water partition coefficient (Wildman–Crippen LogP) is -1.12. The number of aromatic hydroxyl groups is 2. The van der Waals surface area contributed by atoms with Crippen LogP contribution < -0.4 is 14.9 Å². The molecule has 2 aromatic carbocycles. The van der Waals surface area contributed by atoms with Crippen molar-refractivity contribution in [1.82, 2.24) is 0 Å². The number of hydrogen-bond donors (Lipinski definition) is 10. The third-order valence-electron chi connectivity index (χ3n) is 10.2. The number of phenolic OH excluding ortho intramolecular Hbond substituents is 2. The van der Waals surface area contributed by atoms with Crippen LogP contribution in [0.4, 0.5) is 0 Å². The van der Waals surface area contributed by atoms with Gasteiger partial charge in [0.2, 0.25) is 17.5 Å². The monoisotopic (exact) mass is 808 g/mol. The molecule has 6 rings (SSSR count). The predicted molar refractivity (Wildman–Crippen MR) is 193 cm³/mol. The number of hydrogen-bond acceptors (Lipinski definition) is 19. The first-order valence-electron chi connectivity index (χ1n) is 18.1. The molecule has 13 unspecified atom stereocenters. The zero-order valence-electron chi connectivity index (χ0n) is 31.4. The topological polar surface area (TPSA) is 297 Å². The molecule has 0 aliphatic carbocycles. The second-order valence-corrected chi connectivity index (χ2v) is 14.5. The minimum Gasteiger partial charge on any atom is -0.508 e. The number of aliphatic hydroxyl groups is 8. The highest BCUT2D eigenvalue weighted by Crippen LogP contribution is 2.41. The van der Waals surface area contributed by atoms with E-state index >= 15 is 0 Å². The Balaban J connectivity index is 1.43. The Bertz CT molecular complexity index is 1960. The lowest BCUT2D eigenvalue weighted by molar-refractivity contribution is -0.352.